The topological polar surface area (TPSA) is 46.2 Å². The van der Waals surface area contributed by atoms with Gasteiger partial charge in [0.15, 0.2) is 0 Å². The Kier molecular flexibility index (Phi) is 3.25. The second kappa shape index (κ2) is 4.23. The van der Waals surface area contributed by atoms with E-state index in [1.54, 1.807) is 12.1 Å². The fourth-order valence-corrected chi connectivity index (χ4v) is 1.47. The van der Waals surface area contributed by atoms with Gasteiger partial charge in [-0.25, -0.2) is 0 Å². The Morgan fingerprint density at radius 3 is 2.46 bits per heavy atom. The standard InChI is InChI=1S/C10H13NOS/c1-7(6-10(11)13)8-2-4-9(12)5-3-8/h2-5,7,12H,6H2,1H3,(H2,11,13). The highest BCUT2D eigenvalue weighted by Crippen LogP contribution is 2.20. The van der Waals surface area contributed by atoms with Crippen molar-refractivity contribution < 1.29 is 5.11 Å². The number of hydrogen-bond acceptors (Lipinski definition) is 2. The molecule has 0 radical (unpaired) electrons. The molecule has 0 heterocycles. The van der Waals surface area contributed by atoms with Crippen molar-refractivity contribution in [1.82, 2.24) is 0 Å². The van der Waals surface area contributed by atoms with Crippen LogP contribution in [0.4, 0.5) is 0 Å². The van der Waals surface area contributed by atoms with Crippen molar-refractivity contribution in [1.29, 1.82) is 0 Å². The first-order chi connectivity index (χ1) is 6.09. The minimum absolute atomic E-state index is 0.284. The highest BCUT2D eigenvalue weighted by molar-refractivity contribution is 7.80. The van der Waals surface area contributed by atoms with Crippen LogP contribution in [0.5, 0.6) is 5.75 Å². The van der Waals surface area contributed by atoms with Crippen LogP contribution >= 0.6 is 12.2 Å². The number of hydrogen-bond donors (Lipinski definition) is 2. The van der Waals surface area contributed by atoms with Gasteiger partial charge in [-0.15, -0.1) is 0 Å². The molecule has 70 valence electrons. The molecule has 1 aromatic rings. The van der Waals surface area contributed by atoms with E-state index in [9.17, 15) is 0 Å². The molecule has 0 fully saturated rings. The highest BCUT2D eigenvalue weighted by Gasteiger charge is 2.05. The Balaban J connectivity index is 2.71. The van der Waals surface area contributed by atoms with Gasteiger partial charge < -0.3 is 10.8 Å². The van der Waals surface area contributed by atoms with Crippen molar-refractivity contribution in [3.8, 4) is 5.75 Å². The number of benzene rings is 1. The highest BCUT2D eigenvalue weighted by atomic mass is 32.1. The van der Waals surface area contributed by atoms with E-state index < -0.39 is 0 Å². The van der Waals surface area contributed by atoms with Crippen LogP contribution in [0, 0.1) is 0 Å². The summed E-state index contributed by atoms with van der Waals surface area (Å²) in [6.45, 7) is 2.06. The van der Waals surface area contributed by atoms with E-state index in [1.165, 1.54) is 0 Å². The summed E-state index contributed by atoms with van der Waals surface area (Å²) in [6.07, 6.45) is 0.708. The zero-order valence-corrected chi connectivity index (χ0v) is 8.34. The molecule has 0 saturated heterocycles. The average molecular weight is 195 g/mol. The van der Waals surface area contributed by atoms with E-state index in [-0.39, 0.29) is 5.75 Å². The molecule has 0 aliphatic carbocycles. The van der Waals surface area contributed by atoms with Crippen LogP contribution in [-0.2, 0) is 0 Å². The Morgan fingerprint density at radius 1 is 1.46 bits per heavy atom. The molecule has 3 N–H and O–H groups in total. The number of phenols is 1. The Labute approximate surface area is 83.4 Å². The van der Waals surface area contributed by atoms with Crippen LogP contribution in [0.1, 0.15) is 24.8 Å². The molecule has 0 bridgehead atoms. The van der Waals surface area contributed by atoms with Crippen molar-refractivity contribution in [2.24, 2.45) is 5.73 Å². The van der Waals surface area contributed by atoms with Gasteiger partial charge in [-0.05, 0) is 23.6 Å². The van der Waals surface area contributed by atoms with E-state index in [0.717, 1.165) is 5.56 Å². The van der Waals surface area contributed by atoms with Crippen LogP contribution in [0.2, 0.25) is 0 Å². The van der Waals surface area contributed by atoms with Crippen molar-refractivity contribution in [2.45, 2.75) is 19.3 Å². The molecule has 0 amide bonds. The fraction of sp³-hybridized carbons (Fsp3) is 0.300. The molecule has 1 unspecified atom stereocenters. The molecule has 1 aromatic carbocycles. The number of aromatic hydroxyl groups is 1. The molecule has 13 heavy (non-hydrogen) atoms. The van der Waals surface area contributed by atoms with Crippen LogP contribution in [0.15, 0.2) is 24.3 Å². The largest absolute Gasteiger partial charge is 0.508 e. The van der Waals surface area contributed by atoms with Crippen molar-refractivity contribution in [3.63, 3.8) is 0 Å². The summed E-state index contributed by atoms with van der Waals surface area (Å²) in [5, 5.41) is 9.07. The molecule has 3 heteroatoms. The minimum atomic E-state index is 0.284. The Morgan fingerprint density at radius 2 is 2.00 bits per heavy atom. The van der Waals surface area contributed by atoms with Gasteiger partial charge in [-0.3, -0.25) is 0 Å². The quantitative estimate of drug-likeness (QED) is 0.727. The van der Waals surface area contributed by atoms with Crippen LogP contribution < -0.4 is 5.73 Å². The summed E-state index contributed by atoms with van der Waals surface area (Å²) in [6, 6.07) is 7.12. The number of thiocarbonyl (C=S) groups is 1. The summed E-state index contributed by atoms with van der Waals surface area (Å²) in [5.41, 5.74) is 6.59. The Bertz CT molecular complexity index is 294. The molecule has 0 aliphatic heterocycles. The minimum Gasteiger partial charge on any atom is -0.508 e. The molecule has 1 atom stereocenters. The van der Waals surface area contributed by atoms with Gasteiger partial charge in [0.05, 0.1) is 4.99 Å². The molecule has 0 saturated carbocycles. The Hall–Kier alpha value is -1.09. The molecule has 0 aromatic heterocycles. The first-order valence-corrected chi connectivity index (χ1v) is 4.57. The lowest BCUT2D eigenvalue weighted by Gasteiger charge is -2.10. The maximum atomic E-state index is 9.07. The number of phenolic OH excluding ortho intramolecular Hbond substituents is 1. The first-order valence-electron chi connectivity index (χ1n) is 4.17. The van der Waals surface area contributed by atoms with E-state index in [0.29, 0.717) is 17.3 Å². The lowest BCUT2D eigenvalue weighted by atomic mass is 9.98. The second-order valence-electron chi connectivity index (χ2n) is 3.16. The summed E-state index contributed by atoms with van der Waals surface area (Å²) in [5.74, 6) is 0.601. The third kappa shape index (κ3) is 3.03. The van der Waals surface area contributed by atoms with Gasteiger partial charge in [0, 0.05) is 6.42 Å². The maximum absolute atomic E-state index is 9.07. The average Bonchev–Trinajstić information content (AvgIpc) is 2.04. The third-order valence-electron chi connectivity index (χ3n) is 1.97. The molecular formula is C10H13NOS. The summed E-state index contributed by atoms with van der Waals surface area (Å²) >= 11 is 4.83. The summed E-state index contributed by atoms with van der Waals surface area (Å²) in [7, 11) is 0. The van der Waals surface area contributed by atoms with Gasteiger partial charge in [-0.1, -0.05) is 31.3 Å². The lowest BCUT2D eigenvalue weighted by Crippen LogP contribution is -2.11. The third-order valence-corrected chi connectivity index (χ3v) is 2.14. The molecule has 0 spiro atoms. The summed E-state index contributed by atoms with van der Waals surface area (Å²) in [4.78, 5) is 0.528. The lowest BCUT2D eigenvalue weighted by molar-refractivity contribution is 0.475. The second-order valence-corrected chi connectivity index (χ2v) is 3.69. The zero-order chi connectivity index (χ0) is 9.84. The molecule has 1 rings (SSSR count). The van der Waals surface area contributed by atoms with E-state index in [2.05, 4.69) is 6.92 Å². The van der Waals surface area contributed by atoms with Gasteiger partial charge >= 0.3 is 0 Å². The van der Waals surface area contributed by atoms with Crippen molar-refractivity contribution >= 4 is 17.2 Å². The van der Waals surface area contributed by atoms with Crippen molar-refractivity contribution in [3.05, 3.63) is 29.8 Å². The predicted molar refractivity (Wildman–Crippen MR) is 57.9 cm³/mol. The monoisotopic (exact) mass is 195 g/mol. The van der Waals surface area contributed by atoms with E-state index in [4.69, 9.17) is 23.1 Å². The molecule has 2 nitrogen and oxygen atoms in total. The predicted octanol–water partition coefficient (Wildman–Crippen LogP) is 2.17. The van der Waals surface area contributed by atoms with E-state index >= 15 is 0 Å². The van der Waals surface area contributed by atoms with Crippen LogP contribution in [0.3, 0.4) is 0 Å². The molecule has 0 aliphatic rings. The van der Waals surface area contributed by atoms with Gasteiger partial charge in [-0.2, -0.15) is 0 Å². The normalized spacial score (nSPS) is 12.4. The smallest absolute Gasteiger partial charge is 0.115 e. The van der Waals surface area contributed by atoms with Gasteiger partial charge in [0.25, 0.3) is 0 Å². The first kappa shape index (κ1) is 9.99. The maximum Gasteiger partial charge on any atom is 0.115 e. The zero-order valence-electron chi connectivity index (χ0n) is 7.53. The van der Waals surface area contributed by atoms with E-state index in [1.807, 2.05) is 12.1 Å². The molecular weight excluding hydrogens is 182 g/mol. The summed E-state index contributed by atoms with van der Waals surface area (Å²) < 4.78 is 0. The van der Waals surface area contributed by atoms with Crippen molar-refractivity contribution in [2.75, 3.05) is 0 Å². The fourth-order valence-electron chi connectivity index (χ4n) is 1.22. The van der Waals surface area contributed by atoms with Gasteiger partial charge in [0.1, 0.15) is 5.75 Å². The van der Waals surface area contributed by atoms with Crippen LogP contribution in [0.25, 0.3) is 0 Å². The number of nitrogens with two attached hydrogens (primary N) is 1. The van der Waals surface area contributed by atoms with Crippen LogP contribution in [-0.4, -0.2) is 10.1 Å². The van der Waals surface area contributed by atoms with Gasteiger partial charge in [0.2, 0.25) is 0 Å². The SMILES string of the molecule is CC(CC(N)=S)c1ccc(O)cc1. The number of rotatable bonds is 3.